The molecule has 0 fully saturated rings. The Balaban J connectivity index is 1.81. The lowest BCUT2D eigenvalue weighted by atomic mass is 10.1. The number of aromatic nitrogens is 1. The third-order valence-corrected chi connectivity index (χ3v) is 4.65. The van der Waals surface area contributed by atoms with Crippen LogP contribution in [-0.4, -0.2) is 31.7 Å². The van der Waals surface area contributed by atoms with Crippen molar-refractivity contribution in [2.24, 2.45) is 0 Å². The number of anilines is 1. The summed E-state index contributed by atoms with van der Waals surface area (Å²) in [5.41, 5.74) is 2.10. The smallest absolute Gasteiger partial charge is 0.305 e. The third-order valence-electron chi connectivity index (χ3n) is 3.72. The van der Waals surface area contributed by atoms with Crippen LogP contribution in [0.1, 0.15) is 30.6 Å². The lowest BCUT2D eigenvalue weighted by Crippen LogP contribution is -2.03. The second-order valence-electron chi connectivity index (χ2n) is 5.47. The van der Waals surface area contributed by atoms with Crippen LogP contribution >= 0.6 is 11.3 Å². The van der Waals surface area contributed by atoms with Crippen LogP contribution in [0.5, 0.6) is 5.75 Å². The summed E-state index contributed by atoms with van der Waals surface area (Å²) in [7, 11) is 3.09. The Bertz CT molecular complexity index is 653. The van der Waals surface area contributed by atoms with Crippen molar-refractivity contribution in [1.29, 1.82) is 0 Å². The van der Waals surface area contributed by atoms with Gasteiger partial charge in [-0.05, 0) is 44.0 Å². The zero-order valence-corrected chi connectivity index (χ0v) is 15.2. The van der Waals surface area contributed by atoms with E-state index in [0.717, 1.165) is 47.9 Å². The summed E-state index contributed by atoms with van der Waals surface area (Å²) in [6.45, 7) is 2.94. The highest BCUT2D eigenvalue weighted by Crippen LogP contribution is 2.31. The zero-order chi connectivity index (χ0) is 17.4. The standard InChI is InChI=1S/C18H24N2O3S/c1-13-17(14-8-10-15(22-2)11-9-14)20-18(24-13)19-12-6-4-5-7-16(21)23-3/h8-11H,4-7,12H2,1-3H3,(H,19,20). The molecule has 2 rings (SSSR count). The van der Waals surface area contributed by atoms with E-state index in [1.165, 1.54) is 12.0 Å². The van der Waals surface area contributed by atoms with Crippen LogP contribution in [0.4, 0.5) is 5.13 Å². The quantitative estimate of drug-likeness (QED) is 0.541. The maximum absolute atomic E-state index is 11.0. The number of hydrogen-bond acceptors (Lipinski definition) is 6. The Morgan fingerprint density at radius 1 is 1.17 bits per heavy atom. The van der Waals surface area contributed by atoms with Gasteiger partial charge in [-0.2, -0.15) is 0 Å². The first kappa shape index (κ1) is 18.3. The van der Waals surface area contributed by atoms with Crippen LogP contribution < -0.4 is 10.1 Å². The predicted molar refractivity (Wildman–Crippen MR) is 97.8 cm³/mol. The third kappa shape index (κ3) is 5.23. The Morgan fingerprint density at radius 3 is 2.58 bits per heavy atom. The molecule has 1 aromatic carbocycles. The molecule has 0 aliphatic rings. The molecule has 2 aromatic rings. The molecule has 0 bridgehead atoms. The van der Waals surface area contributed by atoms with E-state index in [1.54, 1.807) is 18.4 Å². The van der Waals surface area contributed by atoms with E-state index in [1.807, 2.05) is 24.3 Å². The summed E-state index contributed by atoms with van der Waals surface area (Å²) in [6.07, 6.45) is 3.36. The van der Waals surface area contributed by atoms with Crippen LogP contribution in [-0.2, 0) is 9.53 Å². The average molecular weight is 348 g/mol. The molecule has 0 radical (unpaired) electrons. The number of esters is 1. The van der Waals surface area contributed by atoms with Crippen molar-refractivity contribution >= 4 is 22.4 Å². The van der Waals surface area contributed by atoms with E-state index in [-0.39, 0.29) is 5.97 Å². The summed E-state index contributed by atoms with van der Waals surface area (Å²) in [4.78, 5) is 16.9. The van der Waals surface area contributed by atoms with Crippen LogP contribution in [0.2, 0.25) is 0 Å². The van der Waals surface area contributed by atoms with Crippen molar-refractivity contribution in [3.05, 3.63) is 29.1 Å². The predicted octanol–water partition coefficient (Wildman–Crippen LogP) is 4.27. The minimum Gasteiger partial charge on any atom is -0.497 e. The Kier molecular flexibility index (Phi) is 7.06. The molecule has 0 saturated carbocycles. The van der Waals surface area contributed by atoms with Gasteiger partial charge in [0.2, 0.25) is 0 Å². The van der Waals surface area contributed by atoms with Crippen molar-refractivity contribution in [2.45, 2.75) is 32.6 Å². The maximum atomic E-state index is 11.0. The van der Waals surface area contributed by atoms with E-state index < -0.39 is 0 Å². The molecule has 1 aromatic heterocycles. The number of nitrogens with one attached hydrogen (secondary N) is 1. The number of carbonyl (C=O) groups excluding carboxylic acids is 1. The molecule has 130 valence electrons. The minimum atomic E-state index is -0.136. The number of thiazole rings is 1. The highest BCUT2D eigenvalue weighted by molar-refractivity contribution is 7.16. The van der Waals surface area contributed by atoms with Crippen molar-refractivity contribution in [1.82, 2.24) is 4.98 Å². The first-order valence-electron chi connectivity index (χ1n) is 8.06. The molecule has 0 atom stereocenters. The molecule has 24 heavy (non-hydrogen) atoms. The molecule has 0 amide bonds. The van der Waals surface area contributed by atoms with Gasteiger partial charge >= 0.3 is 5.97 Å². The van der Waals surface area contributed by atoms with Gasteiger partial charge in [0.1, 0.15) is 5.75 Å². The van der Waals surface area contributed by atoms with E-state index >= 15 is 0 Å². The minimum absolute atomic E-state index is 0.136. The average Bonchev–Trinajstić information content (AvgIpc) is 2.98. The van der Waals surface area contributed by atoms with Gasteiger partial charge in [0.05, 0.1) is 19.9 Å². The number of carbonyl (C=O) groups is 1. The number of rotatable bonds is 9. The second-order valence-corrected chi connectivity index (χ2v) is 6.67. The molecule has 0 aliphatic carbocycles. The molecular weight excluding hydrogens is 324 g/mol. The fraction of sp³-hybridized carbons (Fsp3) is 0.444. The lowest BCUT2D eigenvalue weighted by Gasteiger charge is -2.03. The summed E-state index contributed by atoms with van der Waals surface area (Å²) in [5, 5.41) is 4.30. The number of hydrogen-bond donors (Lipinski definition) is 1. The summed E-state index contributed by atoms with van der Waals surface area (Å²) < 4.78 is 9.82. The topological polar surface area (TPSA) is 60.5 Å². The summed E-state index contributed by atoms with van der Waals surface area (Å²) in [6, 6.07) is 7.94. The molecule has 0 aliphatic heterocycles. The largest absolute Gasteiger partial charge is 0.497 e. The maximum Gasteiger partial charge on any atom is 0.305 e. The first-order chi connectivity index (χ1) is 11.6. The SMILES string of the molecule is COC(=O)CCCCCNc1nc(-c2ccc(OC)cc2)c(C)s1. The lowest BCUT2D eigenvalue weighted by molar-refractivity contribution is -0.140. The van der Waals surface area contributed by atoms with E-state index in [4.69, 9.17) is 4.74 Å². The normalized spacial score (nSPS) is 10.5. The highest BCUT2D eigenvalue weighted by atomic mass is 32.1. The van der Waals surface area contributed by atoms with Crippen molar-refractivity contribution in [3.8, 4) is 17.0 Å². The second kappa shape index (κ2) is 9.27. The van der Waals surface area contributed by atoms with E-state index in [0.29, 0.717) is 6.42 Å². The van der Waals surface area contributed by atoms with Gasteiger partial charge in [0.15, 0.2) is 5.13 Å². The van der Waals surface area contributed by atoms with Crippen LogP contribution in [0.3, 0.4) is 0 Å². The van der Waals surface area contributed by atoms with Gasteiger partial charge in [-0.3, -0.25) is 4.79 Å². The number of unbranched alkanes of at least 4 members (excludes halogenated alkanes) is 2. The van der Waals surface area contributed by atoms with E-state index in [9.17, 15) is 4.79 Å². The van der Waals surface area contributed by atoms with Gasteiger partial charge in [-0.1, -0.05) is 6.42 Å². The van der Waals surface area contributed by atoms with Crippen molar-refractivity contribution < 1.29 is 14.3 Å². The highest BCUT2D eigenvalue weighted by Gasteiger charge is 2.09. The van der Waals surface area contributed by atoms with Crippen molar-refractivity contribution in [2.75, 3.05) is 26.1 Å². The monoisotopic (exact) mass is 348 g/mol. The molecular formula is C18H24N2O3S. The molecule has 0 unspecified atom stereocenters. The number of benzene rings is 1. The molecule has 1 heterocycles. The Labute approximate surface area is 147 Å². The van der Waals surface area contributed by atoms with Crippen molar-refractivity contribution in [3.63, 3.8) is 0 Å². The van der Waals surface area contributed by atoms with Gasteiger partial charge in [-0.15, -0.1) is 11.3 Å². The number of aryl methyl sites for hydroxylation is 1. The van der Waals surface area contributed by atoms with Gasteiger partial charge in [0.25, 0.3) is 0 Å². The number of nitrogens with zero attached hydrogens (tertiary/aromatic N) is 1. The van der Waals surface area contributed by atoms with Gasteiger partial charge < -0.3 is 14.8 Å². The number of methoxy groups -OCH3 is 2. The molecule has 1 N–H and O–H groups in total. The number of ether oxygens (including phenoxy) is 2. The first-order valence-corrected chi connectivity index (χ1v) is 8.88. The summed E-state index contributed by atoms with van der Waals surface area (Å²) in [5.74, 6) is 0.708. The molecule has 6 heteroatoms. The van der Waals surface area contributed by atoms with E-state index in [2.05, 4.69) is 22.0 Å². The fourth-order valence-corrected chi connectivity index (χ4v) is 3.22. The summed E-state index contributed by atoms with van der Waals surface area (Å²) >= 11 is 1.66. The van der Waals surface area contributed by atoms with Gasteiger partial charge in [0, 0.05) is 23.4 Å². The van der Waals surface area contributed by atoms with Gasteiger partial charge in [-0.25, -0.2) is 4.98 Å². The molecule has 5 nitrogen and oxygen atoms in total. The Hall–Kier alpha value is -2.08. The zero-order valence-electron chi connectivity index (χ0n) is 14.4. The van der Waals surface area contributed by atoms with Crippen LogP contribution in [0.25, 0.3) is 11.3 Å². The van der Waals surface area contributed by atoms with Crippen LogP contribution in [0, 0.1) is 6.92 Å². The Morgan fingerprint density at radius 2 is 1.92 bits per heavy atom. The fourth-order valence-electron chi connectivity index (χ4n) is 2.36. The van der Waals surface area contributed by atoms with Crippen LogP contribution in [0.15, 0.2) is 24.3 Å². The molecule has 0 spiro atoms. The molecule has 0 saturated heterocycles.